The van der Waals surface area contributed by atoms with Gasteiger partial charge in [-0.05, 0) is 19.4 Å². The predicted molar refractivity (Wildman–Crippen MR) is 78.9 cm³/mol. The van der Waals surface area contributed by atoms with Crippen LogP contribution in [0.4, 0.5) is 0 Å². The third kappa shape index (κ3) is 3.37. The van der Waals surface area contributed by atoms with E-state index in [0.29, 0.717) is 0 Å². The number of esters is 1. The molecule has 0 radical (unpaired) electrons. The predicted octanol–water partition coefficient (Wildman–Crippen LogP) is 2.25. The number of nitrogens with zero attached hydrogens (tertiary/aromatic N) is 4. The molecule has 0 amide bonds. The highest BCUT2D eigenvalue weighted by molar-refractivity contribution is 8.01. The van der Waals surface area contributed by atoms with Crippen LogP contribution in [-0.4, -0.2) is 38.8 Å². The molecule has 108 valence electrons. The van der Waals surface area contributed by atoms with Crippen molar-refractivity contribution in [3.05, 3.63) is 11.8 Å². The molecule has 0 aliphatic rings. The van der Waals surface area contributed by atoms with Crippen LogP contribution in [0.5, 0.6) is 0 Å². The fourth-order valence-corrected chi connectivity index (χ4v) is 3.31. The second kappa shape index (κ2) is 6.85. The summed E-state index contributed by atoms with van der Waals surface area (Å²) in [7, 11) is 1.37. The largest absolute Gasteiger partial charge is 0.468 e. The number of methoxy groups -OCH3 is 1. The van der Waals surface area contributed by atoms with Crippen molar-refractivity contribution in [2.75, 3.05) is 12.9 Å². The summed E-state index contributed by atoms with van der Waals surface area (Å²) < 4.78 is 7.31. The van der Waals surface area contributed by atoms with Crippen LogP contribution in [0, 0.1) is 0 Å². The van der Waals surface area contributed by atoms with Crippen molar-refractivity contribution in [3.8, 4) is 10.7 Å². The van der Waals surface area contributed by atoms with E-state index in [-0.39, 0.29) is 11.7 Å². The Bertz CT molecular complexity index is 573. The van der Waals surface area contributed by atoms with E-state index >= 15 is 0 Å². The fourth-order valence-electron chi connectivity index (χ4n) is 1.67. The van der Waals surface area contributed by atoms with Crippen molar-refractivity contribution in [2.45, 2.75) is 31.2 Å². The Morgan fingerprint density at radius 3 is 2.85 bits per heavy atom. The molecule has 0 unspecified atom stereocenters. The van der Waals surface area contributed by atoms with E-state index in [2.05, 4.69) is 33.9 Å². The van der Waals surface area contributed by atoms with Gasteiger partial charge in [0.2, 0.25) is 0 Å². The van der Waals surface area contributed by atoms with Gasteiger partial charge in [0, 0.05) is 12.2 Å². The average molecular weight is 312 g/mol. The smallest absolute Gasteiger partial charge is 0.316 e. The number of carbonyl (C=O) groups excluding carboxylic acids is 1. The average Bonchev–Trinajstić information content (AvgIpc) is 3.10. The zero-order valence-electron chi connectivity index (χ0n) is 11.6. The number of aromatic nitrogens is 4. The fraction of sp³-hybridized carbons (Fsp3) is 0.500. The Morgan fingerprint density at radius 1 is 1.45 bits per heavy atom. The van der Waals surface area contributed by atoms with E-state index in [1.807, 2.05) is 10.7 Å². The molecule has 0 aliphatic carbocycles. The molecule has 0 bridgehead atoms. The van der Waals surface area contributed by atoms with Crippen LogP contribution in [0.2, 0.25) is 0 Å². The van der Waals surface area contributed by atoms with Gasteiger partial charge in [0.15, 0.2) is 9.35 Å². The molecule has 0 atom stereocenters. The molecule has 6 nitrogen and oxygen atoms in total. The molecule has 2 rings (SSSR count). The van der Waals surface area contributed by atoms with Gasteiger partial charge in [0.25, 0.3) is 0 Å². The molecule has 8 heteroatoms. The number of thioether (sulfide) groups is 1. The number of rotatable bonds is 6. The lowest BCUT2D eigenvalue weighted by atomic mass is 10.3. The van der Waals surface area contributed by atoms with Crippen molar-refractivity contribution < 1.29 is 9.53 Å². The highest BCUT2D eigenvalue weighted by atomic mass is 32.2. The van der Waals surface area contributed by atoms with Crippen molar-refractivity contribution in [3.63, 3.8) is 0 Å². The molecular formula is C12H16N4O2S2. The zero-order chi connectivity index (χ0) is 14.5. The second-order valence-electron chi connectivity index (χ2n) is 3.93. The van der Waals surface area contributed by atoms with Crippen molar-refractivity contribution in [1.29, 1.82) is 0 Å². The molecule has 0 aromatic carbocycles. The molecule has 2 aromatic rings. The third-order valence-corrected chi connectivity index (χ3v) is 4.74. The van der Waals surface area contributed by atoms with E-state index in [9.17, 15) is 4.79 Å². The maximum Gasteiger partial charge on any atom is 0.316 e. The van der Waals surface area contributed by atoms with E-state index < -0.39 is 0 Å². The molecule has 0 N–H and O–H groups in total. The number of carbonyl (C=O) groups is 1. The molecule has 2 heterocycles. The Labute approximate surface area is 125 Å². The highest BCUT2D eigenvalue weighted by Gasteiger charge is 2.13. The van der Waals surface area contributed by atoms with Crippen LogP contribution >= 0.6 is 23.1 Å². The van der Waals surface area contributed by atoms with Gasteiger partial charge < -0.3 is 4.74 Å². The molecule has 0 saturated carbocycles. The number of hydrogen-bond acceptors (Lipinski definition) is 7. The van der Waals surface area contributed by atoms with E-state index in [4.69, 9.17) is 0 Å². The quantitative estimate of drug-likeness (QED) is 0.602. The van der Waals surface area contributed by atoms with Gasteiger partial charge >= 0.3 is 5.97 Å². The van der Waals surface area contributed by atoms with Gasteiger partial charge in [-0.25, -0.2) is 0 Å². The van der Waals surface area contributed by atoms with Gasteiger partial charge in [-0.15, -0.1) is 10.2 Å². The summed E-state index contributed by atoms with van der Waals surface area (Å²) in [6.07, 6.45) is 0.934. The van der Waals surface area contributed by atoms with Crippen LogP contribution < -0.4 is 0 Å². The minimum absolute atomic E-state index is 0.245. The second-order valence-corrected chi connectivity index (χ2v) is 6.13. The molecule has 0 aliphatic heterocycles. The first-order valence-electron chi connectivity index (χ1n) is 6.28. The first-order valence-corrected chi connectivity index (χ1v) is 8.08. The lowest BCUT2D eigenvalue weighted by Crippen LogP contribution is -2.02. The van der Waals surface area contributed by atoms with Gasteiger partial charge in [0.05, 0.1) is 12.9 Å². The molecule has 20 heavy (non-hydrogen) atoms. The minimum atomic E-state index is -0.268. The molecule has 0 spiro atoms. The molecule has 0 fully saturated rings. The molecule has 2 aromatic heterocycles. The summed E-state index contributed by atoms with van der Waals surface area (Å²) in [5.74, 6) is -0.0235. The monoisotopic (exact) mass is 312 g/mol. The third-order valence-electron chi connectivity index (χ3n) is 2.69. The lowest BCUT2D eigenvalue weighted by molar-refractivity contribution is -0.137. The van der Waals surface area contributed by atoms with Crippen LogP contribution in [0.15, 0.2) is 10.4 Å². The Balaban J connectivity index is 2.12. The Morgan fingerprint density at radius 2 is 2.25 bits per heavy atom. The highest BCUT2D eigenvalue weighted by Crippen LogP contribution is 2.29. The van der Waals surface area contributed by atoms with E-state index in [1.165, 1.54) is 35.9 Å². The van der Waals surface area contributed by atoms with Gasteiger partial charge in [-0.2, -0.15) is 5.10 Å². The lowest BCUT2D eigenvalue weighted by Gasteiger charge is -1.98. The standard InChI is InChI=1S/C12H16N4O2S2/c1-4-8-6-9(15-16(8)5-2)11-13-14-12(20-11)19-7-10(17)18-3/h6H,4-5,7H2,1-3H3. The van der Waals surface area contributed by atoms with Gasteiger partial charge in [-0.1, -0.05) is 30.0 Å². The van der Waals surface area contributed by atoms with Gasteiger partial charge in [-0.3, -0.25) is 9.48 Å². The topological polar surface area (TPSA) is 69.9 Å². The number of aryl methyl sites for hydroxylation is 2. The minimum Gasteiger partial charge on any atom is -0.468 e. The Kier molecular flexibility index (Phi) is 5.13. The van der Waals surface area contributed by atoms with E-state index in [1.54, 1.807) is 0 Å². The van der Waals surface area contributed by atoms with Crippen molar-refractivity contribution >= 4 is 29.1 Å². The van der Waals surface area contributed by atoms with Crippen LogP contribution in [0.1, 0.15) is 19.5 Å². The van der Waals surface area contributed by atoms with Crippen LogP contribution in [0.25, 0.3) is 10.7 Å². The van der Waals surface area contributed by atoms with Crippen LogP contribution in [-0.2, 0) is 22.5 Å². The summed E-state index contributed by atoms with van der Waals surface area (Å²) in [5.41, 5.74) is 2.02. The zero-order valence-corrected chi connectivity index (χ0v) is 13.3. The van der Waals surface area contributed by atoms with E-state index in [0.717, 1.165) is 28.0 Å². The first kappa shape index (κ1) is 15.0. The molecular weight excluding hydrogens is 296 g/mol. The number of ether oxygens (including phenoxy) is 1. The summed E-state index contributed by atoms with van der Waals surface area (Å²) >= 11 is 2.77. The van der Waals surface area contributed by atoms with Crippen molar-refractivity contribution in [1.82, 2.24) is 20.0 Å². The van der Waals surface area contributed by atoms with Crippen LogP contribution in [0.3, 0.4) is 0 Å². The summed E-state index contributed by atoms with van der Waals surface area (Å²) in [6, 6.07) is 2.04. The number of hydrogen-bond donors (Lipinski definition) is 0. The molecule has 0 saturated heterocycles. The van der Waals surface area contributed by atoms with Crippen molar-refractivity contribution in [2.24, 2.45) is 0 Å². The first-order chi connectivity index (χ1) is 9.67. The summed E-state index contributed by atoms with van der Waals surface area (Å²) in [4.78, 5) is 11.1. The Hall–Kier alpha value is -1.41. The van der Waals surface area contributed by atoms with Gasteiger partial charge in [0.1, 0.15) is 5.69 Å². The summed E-state index contributed by atoms with van der Waals surface area (Å²) in [6.45, 7) is 5.00. The maximum absolute atomic E-state index is 11.1. The summed E-state index contributed by atoms with van der Waals surface area (Å²) in [5, 5.41) is 13.5. The SMILES string of the molecule is CCc1cc(-c2nnc(SCC(=O)OC)s2)nn1CC. The maximum atomic E-state index is 11.1. The normalized spacial score (nSPS) is 10.8.